The normalized spacial score (nSPS) is 24.6. The molecule has 1 saturated carbocycles. The average Bonchev–Trinajstić information content (AvgIpc) is 3.04. The summed E-state index contributed by atoms with van der Waals surface area (Å²) >= 11 is 0. The Morgan fingerprint density at radius 1 is 1.16 bits per heavy atom. The number of carbonyl (C=O) groups is 3. The van der Waals surface area contributed by atoms with Crippen LogP contribution >= 0.6 is 0 Å². The molecular formula is C19H21NO5. The first kappa shape index (κ1) is 16.3. The molecule has 3 fully saturated rings. The molecule has 0 aromatic heterocycles. The second-order valence-corrected chi connectivity index (χ2v) is 7.09. The zero-order chi connectivity index (χ0) is 17.4. The van der Waals surface area contributed by atoms with Crippen molar-refractivity contribution in [2.45, 2.75) is 44.2 Å². The second kappa shape index (κ2) is 6.26. The Morgan fingerprint density at radius 3 is 2.40 bits per heavy atom. The third-order valence-electron chi connectivity index (χ3n) is 5.40. The fraction of sp³-hybridized carbons (Fsp3) is 0.526. The van der Waals surface area contributed by atoms with Crippen LogP contribution in [0.1, 0.15) is 48.0 Å². The number of benzene rings is 1. The number of hydrogen-bond donors (Lipinski definition) is 0. The van der Waals surface area contributed by atoms with E-state index in [0.717, 1.165) is 31.4 Å². The summed E-state index contributed by atoms with van der Waals surface area (Å²) in [5.74, 6) is -0.280. The summed E-state index contributed by atoms with van der Waals surface area (Å²) in [7, 11) is 0. The van der Waals surface area contributed by atoms with Crippen molar-refractivity contribution in [3.05, 3.63) is 35.4 Å². The van der Waals surface area contributed by atoms with Crippen molar-refractivity contribution < 1.29 is 23.9 Å². The topological polar surface area (TPSA) is 72.9 Å². The van der Waals surface area contributed by atoms with Gasteiger partial charge in [-0.05, 0) is 37.0 Å². The van der Waals surface area contributed by atoms with Crippen LogP contribution in [0.4, 0.5) is 0 Å². The summed E-state index contributed by atoms with van der Waals surface area (Å²) < 4.78 is 11.2. The fourth-order valence-corrected chi connectivity index (χ4v) is 3.64. The number of ether oxygens (including phenoxy) is 2. The lowest BCUT2D eigenvalue weighted by Crippen LogP contribution is -2.29. The third kappa shape index (κ3) is 3.18. The largest absolute Gasteiger partial charge is 0.455 e. The first-order valence-electron chi connectivity index (χ1n) is 8.81. The maximum absolute atomic E-state index is 12.4. The molecule has 1 unspecified atom stereocenters. The maximum atomic E-state index is 12.4. The second-order valence-electron chi connectivity index (χ2n) is 7.09. The zero-order valence-electron chi connectivity index (χ0n) is 14.0. The number of amides is 2. The minimum absolute atomic E-state index is 0.136. The van der Waals surface area contributed by atoms with E-state index in [2.05, 4.69) is 0 Å². The van der Waals surface area contributed by atoms with E-state index in [0.29, 0.717) is 18.1 Å². The zero-order valence-corrected chi connectivity index (χ0v) is 14.0. The number of esters is 1. The molecule has 1 aromatic rings. The highest BCUT2D eigenvalue weighted by atomic mass is 16.6. The highest BCUT2D eigenvalue weighted by Gasteiger charge is 2.54. The quantitative estimate of drug-likeness (QED) is 0.604. The lowest BCUT2D eigenvalue weighted by atomic mass is 9.99. The molecular weight excluding hydrogens is 322 g/mol. The molecule has 0 radical (unpaired) electrons. The van der Waals surface area contributed by atoms with Crippen LogP contribution in [-0.2, 0) is 25.6 Å². The van der Waals surface area contributed by atoms with Crippen LogP contribution in [0.2, 0.25) is 0 Å². The van der Waals surface area contributed by atoms with Crippen LogP contribution in [0.15, 0.2) is 24.3 Å². The Kier molecular flexibility index (Phi) is 4.07. The summed E-state index contributed by atoms with van der Waals surface area (Å²) in [6.45, 7) is 1.67. The molecule has 2 heterocycles. The van der Waals surface area contributed by atoms with Crippen LogP contribution in [0.5, 0.6) is 0 Å². The predicted octanol–water partition coefficient (Wildman–Crippen LogP) is 2.06. The first-order chi connectivity index (χ1) is 12.1. The summed E-state index contributed by atoms with van der Waals surface area (Å²) in [4.78, 5) is 37.1. The minimum Gasteiger partial charge on any atom is -0.455 e. The minimum atomic E-state index is -0.333. The highest BCUT2D eigenvalue weighted by Crippen LogP contribution is 2.49. The van der Waals surface area contributed by atoms with Gasteiger partial charge in [0.2, 0.25) is 11.8 Å². The highest BCUT2D eigenvalue weighted by molar-refractivity contribution is 6.01. The number of carbonyl (C=O) groups excluding carboxylic acids is 3. The average molecular weight is 343 g/mol. The summed E-state index contributed by atoms with van der Waals surface area (Å²) in [6.07, 6.45) is 3.34. The first-order valence-corrected chi connectivity index (χ1v) is 8.81. The van der Waals surface area contributed by atoms with Gasteiger partial charge in [0.25, 0.3) is 0 Å². The molecule has 2 aliphatic heterocycles. The van der Waals surface area contributed by atoms with Crippen molar-refractivity contribution in [2.75, 3.05) is 13.2 Å². The van der Waals surface area contributed by atoms with E-state index < -0.39 is 0 Å². The van der Waals surface area contributed by atoms with Crippen molar-refractivity contribution in [3.63, 3.8) is 0 Å². The summed E-state index contributed by atoms with van der Waals surface area (Å²) in [5.41, 5.74) is 0.985. The van der Waals surface area contributed by atoms with Crippen molar-refractivity contribution >= 4 is 17.8 Å². The predicted molar refractivity (Wildman–Crippen MR) is 87.5 cm³/mol. The van der Waals surface area contributed by atoms with Crippen LogP contribution in [0, 0.1) is 5.92 Å². The summed E-state index contributed by atoms with van der Waals surface area (Å²) in [5, 5.41) is 0. The van der Waals surface area contributed by atoms with Gasteiger partial charge in [-0.2, -0.15) is 0 Å². The van der Waals surface area contributed by atoms with Crippen LogP contribution in [-0.4, -0.2) is 41.5 Å². The van der Waals surface area contributed by atoms with Crippen molar-refractivity contribution in [1.29, 1.82) is 0 Å². The smallest absolute Gasteiger partial charge is 0.338 e. The lowest BCUT2D eigenvalue weighted by molar-refractivity contribution is -0.139. The van der Waals surface area contributed by atoms with Gasteiger partial charge in [0, 0.05) is 25.4 Å². The van der Waals surface area contributed by atoms with E-state index in [-0.39, 0.29) is 42.8 Å². The van der Waals surface area contributed by atoms with Gasteiger partial charge in [-0.25, -0.2) is 4.79 Å². The number of imide groups is 1. The van der Waals surface area contributed by atoms with Gasteiger partial charge in [-0.3, -0.25) is 14.5 Å². The molecule has 4 rings (SSSR count). The number of hydrogen-bond acceptors (Lipinski definition) is 5. The standard InChI is InChI=1S/C19H21NO5/c21-16-5-6-17(22)20(16)11-13-1-3-14(4-2-13)18(23)25-19(8-9-19)15-7-10-24-12-15/h1-4,15H,5-12H2. The van der Waals surface area contributed by atoms with Gasteiger partial charge in [-0.15, -0.1) is 0 Å². The van der Waals surface area contributed by atoms with E-state index in [4.69, 9.17) is 9.47 Å². The Hall–Kier alpha value is -2.21. The number of rotatable bonds is 5. The lowest BCUT2D eigenvalue weighted by Gasteiger charge is -2.22. The Balaban J connectivity index is 1.39. The number of likely N-dealkylation sites (tertiary alicyclic amines) is 1. The monoisotopic (exact) mass is 343 g/mol. The van der Waals surface area contributed by atoms with E-state index >= 15 is 0 Å². The maximum Gasteiger partial charge on any atom is 0.338 e. The van der Waals surface area contributed by atoms with Gasteiger partial charge in [0.1, 0.15) is 5.60 Å². The van der Waals surface area contributed by atoms with Gasteiger partial charge >= 0.3 is 5.97 Å². The van der Waals surface area contributed by atoms with Crippen LogP contribution in [0.3, 0.4) is 0 Å². The molecule has 0 bridgehead atoms. The van der Waals surface area contributed by atoms with E-state index in [1.807, 2.05) is 0 Å². The van der Waals surface area contributed by atoms with Gasteiger partial charge in [0.05, 0.1) is 18.7 Å². The van der Waals surface area contributed by atoms with E-state index in [1.165, 1.54) is 4.90 Å². The van der Waals surface area contributed by atoms with Crippen LogP contribution in [0.25, 0.3) is 0 Å². The molecule has 1 aromatic carbocycles. The van der Waals surface area contributed by atoms with Crippen molar-refractivity contribution in [3.8, 4) is 0 Å². The van der Waals surface area contributed by atoms with Gasteiger partial charge in [0.15, 0.2) is 0 Å². The molecule has 2 saturated heterocycles. The number of nitrogens with zero attached hydrogens (tertiary/aromatic N) is 1. The third-order valence-corrected chi connectivity index (χ3v) is 5.40. The molecule has 0 spiro atoms. The van der Waals surface area contributed by atoms with Gasteiger partial charge in [-0.1, -0.05) is 12.1 Å². The Bertz CT molecular complexity index is 685. The molecule has 132 valence electrons. The molecule has 2 amide bonds. The molecule has 0 N–H and O–H groups in total. The molecule has 6 heteroatoms. The summed E-state index contributed by atoms with van der Waals surface area (Å²) in [6, 6.07) is 6.94. The van der Waals surface area contributed by atoms with Crippen molar-refractivity contribution in [2.24, 2.45) is 5.92 Å². The molecule has 1 aliphatic carbocycles. The molecule has 1 atom stereocenters. The van der Waals surface area contributed by atoms with Crippen molar-refractivity contribution in [1.82, 2.24) is 4.90 Å². The molecule has 6 nitrogen and oxygen atoms in total. The Labute approximate surface area is 146 Å². The van der Waals surface area contributed by atoms with E-state index in [9.17, 15) is 14.4 Å². The molecule has 3 aliphatic rings. The van der Waals surface area contributed by atoms with Crippen LogP contribution < -0.4 is 0 Å². The molecule has 25 heavy (non-hydrogen) atoms. The van der Waals surface area contributed by atoms with E-state index in [1.54, 1.807) is 24.3 Å². The van der Waals surface area contributed by atoms with Gasteiger partial charge < -0.3 is 9.47 Å². The Morgan fingerprint density at radius 2 is 1.84 bits per heavy atom. The fourth-order valence-electron chi connectivity index (χ4n) is 3.64. The SMILES string of the molecule is O=C(OC1(C2CCOC2)CC1)c1ccc(CN2C(=O)CCC2=O)cc1.